The SMILES string of the molecule is CC(=O)[O-].OCC1OC(O)C(O)C(O)C1O.[Cl-].[Cl-].[Cl-].[Cl-].[K+].[Mg+2].[Na+].[Na+]. The molecule has 5 unspecified atom stereocenters. The van der Waals surface area contributed by atoms with Crippen LogP contribution in [0.15, 0.2) is 0 Å². The van der Waals surface area contributed by atoms with Crippen molar-refractivity contribution in [2.45, 2.75) is 37.6 Å². The Hall–Kier alpha value is 4.79. The molecule has 8 nitrogen and oxygen atoms in total. The number of aliphatic hydroxyl groups excluding tert-OH is 5. The summed E-state index contributed by atoms with van der Waals surface area (Å²) in [4.78, 5) is 8.89. The maximum Gasteiger partial charge on any atom is 2.00 e. The van der Waals surface area contributed by atoms with Gasteiger partial charge in [-0.2, -0.15) is 0 Å². The third-order valence-electron chi connectivity index (χ3n) is 1.87. The molecule has 1 fully saturated rings. The van der Waals surface area contributed by atoms with E-state index < -0.39 is 43.3 Å². The van der Waals surface area contributed by atoms with Crippen molar-refractivity contribution in [3.8, 4) is 0 Å². The molecule has 1 aliphatic rings. The van der Waals surface area contributed by atoms with E-state index in [4.69, 9.17) is 35.4 Å². The average molecular weight is 490 g/mol. The third kappa shape index (κ3) is 24.8. The monoisotopic (exact) mass is 488 g/mol. The summed E-state index contributed by atoms with van der Waals surface area (Å²) in [6.07, 6.45) is -7.04. The number of ether oxygens (including phenoxy) is 1. The molecular weight excluding hydrogens is 475 g/mol. The van der Waals surface area contributed by atoms with Crippen molar-refractivity contribution in [1.29, 1.82) is 0 Å². The minimum absolute atomic E-state index is 0. The van der Waals surface area contributed by atoms with Crippen molar-refractivity contribution in [2.75, 3.05) is 6.61 Å². The van der Waals surface area contributed by atoms with E-state index in [1.807, 2.05) is 0 Å². The van der Waals surface area contributed by atoms with Gasteiger partial charge < -0.3 is 89.8 Å². The summed E-state index contributed by atoms with van der Waals surface area (Å²) in [6.45, 7) is 0.446. The molecule has 0 saturated carbocycles. The number of carboxylic acids is 1. The van der Waals surface area contributed by atoms with E-state index in [2.05, 4.69) is 4.74 Å². The number of aliphatic carboxylic acids is 1. The summed E-state index contributed by atoms with van der Waals surface area (Å²) in [6, 6.07) is 0. The average Bonchev–Trinajstić information content (AvgIpc) is 2.19. The van der Waals surface area contributed by atoms with Gasteiger partial charge in [0.25, 0.3) is 0 Å². The number of hydrogen-bond donors (Lipinski definition) is 5. The molecule has 1 saturated heterocycles. The summed E-state index contributed by atoms with van der Waals surface area (Å²) in [5, 5.41) is 53.5. The third-order valence-corrected chi connectivity index (χ3v) is 1.87. The topological polar surface area (TPSA) is 151 Å². The van der Waals surface area contributed by atoms with Crippen molar-refractivity contribution in [2.24, 2.45) is 0 Å². The molecule has 0 aromatic carbocycles. The molecule has 0 aromatic heterocycles. The van der Waals surface area contributed by atoms with E-state index in [9.17, 15) is 0 Å². The molecule has 0 bridgehead atoms. The number of rotatable bonds is 1. The number of aliphatic hydroxyl groups is 5. The molecule has 1 heterocycles. The van der Waals surface area contributed by atoms with Gasteiger partial charge in [-0.15, -0.1) is 0 Å². The summed E-state index contributed by atoms with van der Waals surface area (Å²) in [5.41, 5.74) is 0. The molecule has 0 aromatic rings. The van der Waals surface area contributed by atoms with E-state index in [1.165, 1.54) is 0 Å². The first-order chi connectivity index (χ1) is 7.31. The van der Waals surface area contributed by atoms with Crippen LogP contribution in [0.3, 0.4) is 0 Å². The Morgan fingerprint density at radius 3 is 1.50 bits per heavy atom. The van der Waals surface area contributed by atoms with Crippen molar-refractivity contribution in [1.82, 2.24) is 0 Å². The van der Waals surface area contributed by atoms with Crippen molar-refractivity contribution < 1.29 is 200 Å². The second-order valence-electron chi connectivity index (χ2n) is 3.21. The van der Waals surface area contributed by atoms with Crippen LogP contribution in [0.4, 0.5) is 0 Å². The van der Waals surface area contributed by atoms with Crippen LogP contribution >= 0.6 is 0 Å². The fourth-order valence-electron chi connectivity index (χ4n) is 1.08. The second kappa shape index (κ2) is 32.5. The van der Waals surface area contributed by atoms with Crippen LogP contribution < -0.4 is 165 Å². The van der Waals surface area contributed by atoms with E-state index in [-0.39, 0.29) is 183 Å². The van der Waals surface area contributed by atoms with Crippen LogP contribution in [-0.4, -0.2) is 91.9 Å². The van der Waals surface area contributed by atoms with Gasteiger partial charge in [0, 0.05) is 5.97 Å². The van der Waals surface area contributed by atoms with Crippen LogP contribution in [0.25, 0.3) is 0 Å². The van der Waals surface area contributed by atoms with E-state index in [0.29, 0.717) is 0 Å². The van der Waals surface area contributed by atoms with E-state index in [1.54, 1.807) is 0 Å². The van der Waals surface area contributed by atoms with Gasteiger partial charge in [0.2, 0.25) is 0 Å². The van der Waals surface area contributed by atoms with Gasteiger partial charge >= 0.3 is 134 Å². The molecule has 1 aliphatic heterocycles. The summed E-state index contributed by atoms with van der Waals surface area (Å²) >= 11 is 0. The second-order valence-corrected chi connectivity index (χ2v) is 3.21. The molecule has 5 N–H and O–H groups in total. The zero-order chi connectivity index (χ0) is 12.9. The fourth-order valence-corrected chi connectivity index (χ4v) is 1.08. The molecular formula is C8H15Cl4KMgNa2O8. The van der Waals surface area contributed by atoms with Crippen molar-refractivity contribution in [3.63, 3.8) is 0 Å². The predicted molar refractivity (Wildman–Crippen MR) is 52.4 cm³/mol. The molecule has 0 spiro atoms. The summed E-state index contributed by atoms with van der Waals surface area (Å²) < 4.78 is 4.58. The maximum atomic E-state index is 9.12. The molecule has 1 rings (SSSR count). The number of hydrogen-bond acceptors (Lipinski definition) is 8. The molecule has 24 heavy (non-hydrogen) atoms. The Morgan fingerprint density at radius 1 is 0.958 bits per heavy atom. The van der Waals surface area contributed by atoms with Crippen molar-refractivity contribution in [3.05, 3.63) is 0 Å². The van der Waals surface area contributed by atoms with E-state index >= 15 is 0 Å². The van der Waals surface area contributed by atoms with Gasteiger partial charge in [-0.05, 0) is 6.92 Å². The van der Waals surface area contributed by atoms with Crippen LogP contribution in [0.5, 0.6) is 0 Å². The Balaban J connectivity index is -0.0000000246. The molecule has 16 heteroatoms. The molecule has 128 valence electrons. The molecule has 0 radical (unpaired) electrons. The number of carbonyl (C=O) groups is 1. The largest absolute Gasteiger partial charge is 2.00 e. The first-order valence-corrected chi connectivity index (χ1v) is 4.47. The molecule has 5 atom stereocenters. The summed E-state index contributed by atoms with van der Waals surface area (Å²) in [7, 11) is 0. The number of halogens is 4. The minimum atomic E-state index is -1.57. The minimum Gasteiger partial charge on any atom is -1.00 e. The van der Waals surface area contributed by atoms with Crippen LogP contribution in [-0.2, 0) is 9.53 Å². The Bertz CT molecular complexity index is 247. The zero-order valence-electron chi connectivity index (χ0n) is 13.8. The van der Waals surface area contributed by atoms with Gasteiger partial charge in [-0.3, -0.25) is 0 Å². The molecule has 0 amide bonds. The van der Waals surface area contributed by atoms with Gasteiger partial charge in [0.05, 0.1) is 6.61 Å². The van der Waals surface area contributed by atoms with Crippen LogP contribution in [0.1, 0.15) is 6.92 Å². The Labute approximate surface area is 268 Å². The Kier molecular flexibility index (Phi) is 76.8. The summed E-state index contributed by atoms with van der Waals surface area (Å²) in [5.74, 6) is -1.08. The number of carbonyl (C=O) groups excluding carboxylic acids is 1. The normalized spacial score (nSPS) is 25.7. The van der Waals surface area contributed by atoms with Crippen LogP contribution in [0.2, 0.25) is 0 Å². The van der Waals surface area contributed by atoms with Gasteiger partial charge in [0.1, 0.15) is 24.4 Å². The quantitative estimate of drug-likeness (QED) is 0.228. The first-order valence-electron chi connectivity index (χ1n) is 4.47. The first kappa shape index (κ1) is 56.8. The number of carboxylic acid groups (broad SMARTS) is 1. The van der Waals surface area contributed by atoms with Gasteiger partial charge in [0.15, 0.2) is 6.29 Å². The Morgan fingerprint density at radius 2 is 1.25 bits per heavy atom. The smallest absolute Gasteiger partial charge is 1.00 e. The molecule has 0 aliphatic carbocycles. The van der Waals surface area contributed by atoms with E-state index in [0.717, 1.165) is 6.92 Å². The predicted octanol–water partition coefficient (Wildman–Crippen LogP) is -25.8. The fraction of sp³-hybridized carbons (Fsp3) is 0.875. The van der Waals surface area contributed by atoms with Gasteiger partial charge in [-0.1, -0.05) is 0 Å². The van der Waals surface area contributed by atoms with Crippen molar-refractivity contribution >= 4 is 29.0 Å². The standard InChI is InChI=1S/C6H12O6.C2H4O2.4ClH.K.Mg.2Na/c7-1-2-3(8)4(9)5(10)6(11)12-2;1-2(3)4;;;;;;;;/h2-11H,1H2;1H3,(H,3,4);4*1H;;;;/q;;;;;;+1;+2;2*+1/p-5. The van der Waals surface area contributed by atoms with Crippen LogP contribution in [0, 0.1) is 0 Å². The zero-order valence-corrected chi connectivity index (χ0v) is 25.3. The van der Waals surface area contributed by atoms with Gasteiger partial charge in [-0.25, -0.2) is 0 Å². The maximum absolute atomic E-state index is 9.12.